The van der Waals surface area contributed by atoms with E-state index in [-0.39, 0.29) is 11.5 Å². The first kappa shape index (κ1) is 8.74. The molecule has 0 bridgehead atoms. The van der Waals surface area contributed by atoms with Crippen LogP contribution in [0.4, 0.5) is 4.39 Å². The van der Waals surface area contributed by atoms with E-state index in [1.165, 1.54) is 18.2 Å². The molecule has 0 saturated carbocycles. The first-order chi connectivity index (χ1) is 6.58. The average molecular weight is 193 g/mol. The lowest BCUT2D eigenvalue weighted by Crippen LogP contribution is -1.94. The van der Waals surface area contributed by atoms with E-state index in [9.17, 15) is 9.18 Å². The summed E-state index contributed by atoms with van der Waals surface area (Å²) < 4.78 is 12.9. The average Bonchev–Trinajstić information content (AvgIpc) is 2.47. The van der Waals surface area contributed by atoms with E-state index in [0.717, 1.165) is 0 Å². The van der Waals surface area contributed by atoms with Gasteiger partial charge in [-0.25, -0.2) is 9.18 Å². The number of rotatable bonds is 1. The maximum Gasteiger partial charge on any atom is 0.352 e. The van der Waals surface area contributed by atoms with Gasteiger partial charge in [0.2, 0.25) is 0 Å². The normalized spacial score (nSPS) is 10.7. The molecule has 1 aromatic heterocycles. The largest absolute Gasteiger partial charge is 0.477 e. The lowest BCUT2D eigenvalue weighted by molar-refractivity contribution is 0.0691. The summed E-state index contributed by atoms with van der Waals surface area (Å²) in [4.78, 5) is 13.4. The molecule has 14 heavy (non-hydrogen) atoms. The quantitative estimate of drug-likeness (QED) is 0.730. The van der Waals surface area contributed by atoms with Gasteiger partial charge in [-0.2, -0.15) is 0 Å². The first-order valence-corrected chi connectivity index (χ1v) is 4.10. The molecule has 2 aromatic rings. The maximum absolute atomic E-state index is 12.9. The molecule has 1 aromatic carbocycles. The van der Waals surface area contributed by atoms with Gasteiger partial charge < -0.3 is 10.1 Å². The molecule has 0 saturated heterocycles. The van der Waals surface area contributed by atoms with Crippen molar-refractivity contribution in [2.75, 3.05) is 0 Å². The molecule has 2 N–H and O–H groups in total. The summed E-state index contributed by atoms with van der Waals surface area (Å²) in [6.45, 7) is 1.73. The fraction of sp³-hybridized carbons (Fsp3) is 0.100. The molecule has 0 aliphatic rings. The summed E-state index contributed by atoms with van der Waals surface area (Å²) >= 11 is 0. The second-order valence-corrected chi connectivity index (χ2v) is 3.18. The Labute approximate surface area is 79.2 Å². The van der Waals surface area contributed by atoms with Crippen LogP contribution in [0.15, 0.2) is 18.2 Å². The van der Waals surface area contributed by atoms with Gasteiger partial charge in [0.25, 0.3) is 0 Å². The monoisotopic (exact) mass is 193 g/mol. The van der Waals surface area contributed by atoms with E-state index in [0.29, 0.717) is 16.5 Å². The zero-order valence-corrected chi connectivity index (χ0v) is 7.47. The SMILES string of the molecule is Cc1cc(F)cc2cc(C(=O)O)[nH]c12. The summed E-state index contributed by atoms with van der Waals surface area (Å²) in [7, 11) is 0. The van der Waals surface area contributed by atoms with Crippen LogP contribution < -0.4 is 0 Å². The van der Waals surface area contributed by atoms with Gasteiger partial charge in [0.05, 0.1) is 0 Å². The van der Waals surface area contributed by atoms with Gasteiger partial charge in [-0.1, -0.05) is 0 Å². The first-order valence-electron chi connectivity index (χ1n) is 4.10. The molecule has 0 amide bonds. The zero-order chi connectivity index (χ0) is 10.3. The van der Waals surface area contributed by atoms with Crippen molar-refractivity contribution >= 4 is 16.9 Å². The minimum Gasteiger partial charge on any atom is -0.477 e. The Kier molecular flexibility index (Phi) is 1.77. The number of hydrogen-bond acceptors (Lipinski definition) is 1. The number of carboxylic acid groups (broad SMARTS) is 1. The number of H-pyrrole nitrogens is 1. The third-order valence-corrected chi connectivity index (χ3v) is 2.12. The summed E-state index contributed by atoms with van der Waals surface area (Å²) in [6, 6.07) is 4.10. The highest BCUT2D eigenvalue weighted by atomic mass is 19.1. The lowest BCUT2D eigenvalue weighted by atomic mass is 10.1. The molecule has 0 fully saturated rings. The third kappa shape index (κ3) is 1.25. The van der Waals surface area contributed by atoms with Gasteiger partial charge in [0.1, 0.15) is 11.5 Å². The second kappa shape index (κ2) is 2.83. The number of carbonyl (C=O) groups is 1. The maximum atomic E-state index is 12.9. The molecule has 0 atom stereocenters. The number of aromatic nitrogens is 1. The fourth-order valence-electron chi connectivity index (χ4n) is 1.50. The molecule has 4 heteroatoms. The van der Waals surface area contributed by atoms with E-state index in [1.54, 1.807) is 6.92 Å². The molecular formula is C10H8FNO2. The van der Waals surface area contributed by atoms with Crippen molar-refractivity contribution in [1.82, 2.24) is 4.98 Å². The Hall–Kier alpha value is -1.84. The van der Waals surface area contributed by atoms with Crippen molar-refractivity contribution in [2.24, 2.45) is 0 Å². The number of hydrogen-bond donors (Lipinski definition) is 2. The Balaban J connectivity index is 2.76. The van der Waals surface area contributed by atoms with Crippen LogP contribution in [0.25, 0.3) is 10.9 Å². The Morgan fingerprint density at radius 1 is 1.43 bits per heavy atom. The minimum atomic E-state index is -1.04. The summed E-state index contributed by atoms with van der Waals surface area (Å²) in [5.74, 6) is -1.40. The van der Waals surface area contributed by atoms with Gasteiger partial charge in [0.15, 0.2) is 0 Å². The van der Waals surface area contributed by atoms with Crippen molar-refractivity contribution in [1.29, 1.82) is 0 Å². The van der Waals surface area contributed by atoms with Crippen molar-refractivity contribution in [2.45, 2.75) is 6.92 Å². The van der Waals surface area contributed by atoms with Crippen molar-refractivity contribution in [3.63, 3.8) is 0 Å². The van der Waals surface area contributed by atoms with Crippen molar-refractivity contribution in [3.05, 3.63) is 35.3 Å². The van der Waals surface area contributed by atoms with E-state index in [4.69, 9.17) is 5.11 Å². The Morgan fingerprint density at radius 2 is 2.14 bits per heavy atom. The van der Waals surface area contributed by atoms with Gasteiger partial charge in [-0.15, -0.1) is 0 Å². The van der Waals surface area contributed by atoms with Gasteiger partial charge in [-0.3, -0.25) is 0 Å². The highest BCUT2D eigenvalue weighted by molar-refractivity contribution is 5.94. The summed E-state index contributed by atoms with van der Waals surface area (Å²) in [5, 5.41) is 9.30. The number of fused-ring (bicyclic) bond motifs is 1. The van der Waals surface area contributed by atoms with Gasteiger partial charge in [0, 0.05) is 10.9 Å². The third-order valence-electron chi connectivity index (χ3n) is 2.12. The number of aromatic amines is 1. The van der Waals surface area contributed by atoms with Crippen LogP contribution in [0.2, 0.25) is 0 Å². The molecule has 0 aliphatic heterocycles. The van der Waals surface area contributed by atoms with Crippen LogP contribution in [-0.4, -0.2) is 16.1 Å². The number of aryl methyl sites for hydroxylation is 1. The fourth-order valence-corrected chi connectivity index (χ4v) is 1.50. The van der Waals surface area contributed by atoms with Crippen LogP contribution in [0.3, 0.4) is 0 Å². The van der Waals surface area contributed by atoms with Gasteiger partial charge in [-0.05, 0) is 30.7 Å². The second-order valence-electron chi connectivity index (χ2n) is 3.18. The smallest absolute Gasteiger partial charge is 0.352 e. The molecule has 1 heterocycles. The van der Waals surface area contributed by atoms with Gasteiger partial charge >= 0.3 is 5.97 Å². The topological polar surface area (TPSA) is 53.1 Å². The molecule has 2 rings (SSSR count). The predicted octanol–water partition coefficient (Wildman–Crippen LogP) is 2.31. The highest BCUT2D eigenvalue weighted by Crippen LogP contribution is 2.20. The number of carboxylic acids is 1. The summed E-state index contributed by atoms with van der Waals surface area (Å²) in [5.41, 5.74) is 1.45. The molecule has 0 unspecified atom stereocenters. The number of nitrogens with one attached hydrogen (secondary N) is 1. The Morgan fingerprint density at radius 3 is 2.79 bits per heavy atom. The van der Waals surface area contributed by atoms with E-state index in [1.807, 2.05) is 0 Å². The number of benzene rings is 1. The van der Waals surface area contributed by atoms with E-state index < -0.39 is 5.97 Å². The van der Waals surface area contributed by atoms with Crippen LogP contribution in [0.5, 0.6) is 0 Å². The number of aromatic carboxylic acids is 1. The van der Waals surface area contributed by atoms with Crippen LogP contribution in [-0.2, 0) is 0 Å². The van der Waals surface area contributed by atoms with Crippen molar-refractivity contribution in [3.8, 4) is 0 Å². The standard InChI is InChI=1S/C10H8FNO2/c1-5-2-7(11)3-6-4-8(10(13)14)12-9(5)6/h2-4,12H,1H3,(H,13,14). The molecule has 72 valence electrons. The zero-order valence-electron chi connectivity index (χ0n) is 7.47. The van der Waals surface area contributed by atoms with E-state index >= 15 is 0 Å². The Bertz CT molecular complexity index is 516. The molecule has 0 spiro atoms. The van der Waals surface area contributed by atoms with Crippen LogP contribution >= 0.6 is 0 Å². The van der Waals surface area contributed by atoms with Crippen LogP contribution in [0, 0.1) is 12.7 Å². The minimum absolute atomic E-state index is 0.0775. The van der Waals surface area contributed by atoms with Crippen LogP contribution in [0.1, 0.15) is 16.1 Å². The lowest BCUT2D eigenvalue weighted by Gasteiger charge is -1.95. The molecule has 0 aliphatic carbocycles. The van der Waals surface area contributed by atoms with Crippen molar-refractivity contribution < 1.29 is 14.3 Å². The van der Waals surface area contributed by atoms with E-state index in [2.05, 4.69) is 4.98 Å². The molecule has 0 radical (unpaired) electrons. The number of halogens is 1. The molecular weight excluding hydrogens is 185 g/mol. The highest BCUT2D eigenvalue weighted by Gasteiger charge is 2.09. The summed E-state index contributed by atoms with van der Waals surface area (Å²) in [6.07, 6.45) is 0. The predicted molar refractivity (Wildman–Crippen MR) is 50.0 cm³/mol. The molecule has 3 nitrogen and oxygen atoms in total.